The Balaban J connectivity index is 1.64. The summed E-state index contributed by atoms with van der Waals surface area (Å²) in [6.07, 6.45) is 0. The van der Waals surface area contributed by atoms with Crippen molar-refractivity contribution in [2.45, 2.75) is 6.92 Å². The van der Waals surface area contributed by atoms with Crippen LogP contribution in [0.5, 0.6) is 5.75 Å². The van der Waals surface area contributed by atoms with Crippen LogP contribution in [0.25, 0.3) is 5.57 Å². The largest absolute Gasteiger partial charge is 0.423 e. The van der Waals surface area contributed by atoms with Crippen LogP contribution in [0.2, 0.25) is 0 Å². The number of esters is 1. The first-order chi connectivity index (χ1) is 12.1. The van der Waals surface area contributed by atoms with Crippen LogP contribution in [0.1, 0.15) is 22.8 Å². The Hall–Kier alpha value is -3.33. The molecule has 0 aromatic heterocycles. The van der Waals surface area contributed by atoms with Crippen LogP contribution in [0, 0.1) is 0 Å². The second-order valence-electron chi connectivity index (χ2n) is 5.76. The van der Waals surface area contributed by atoms with Gasteiger partial charge < -0.3 is 10.1 Å². The third-order valence-electron chi connectivity index (χ3n) is 3.74. The normalized spacial score (nSPS) is 10.1. The molecule has 0 radical (unpaired) electrons. The molecule has 3 aromatic carbocycles. The van der Waals surface area contributed by atoms with Crippen molar-refractivity contribution in [3.63, 3.8) is 0 Å². The molecule has 0 unspecified atom stereocenters. The lowest BCUT2D eigenvalue weighted by atomic mass is 10.1. The standard InChI is InChI=1S/C22H19NO2/c1-16(2)17-8-10-18(11-9-17)22(24)25-21-14-12-20(13-15-21)23-19-6-4-3-5-7-19/h3-15,23H,1H2,2H3. The van der Waals surface area contributed by atoms with Gasteiger partial charge in [0.15, 0.2) is 0 Å². The fraction of sp³-hybridized carbons (Fsp3) is 0.0455. The average molecular weight is 329 g/mol. The van der Waals surface area contributed by atoms with Crippen LogP contribution in [-0.2, 0) is 0 Å². The van der Waals surface area contributed by atoms with E-state index in [4.69, 9.17) is 4.74 Å². The van der Waals surface area contributed by atoms with Gasteiger partial charge in [0, 0.05) is 11.4 Å². The fourth-order valence-electron chi connectivity index (χ4n) is 2.35. The number of allylic oxidation sites excluding steroid dienone is 1. The summed E-state index contributed by atoms with van der Waals surface area (Å²) in [5.74, 6) is 0.129. The smallest absolute Gasteiger partial charge is 0.343 e. The summed E-state index contributed by atoms with van der Waals surface area (Å²) >= 11 is 0. The maximum Gasteiger partial charge on any atom is 0.343 e. The van der Waals surface area contributed by atoms with Gasteiger partial charge >= 0.3 is 5.97 Å². The molecule has 0 heterocycles. The first-order valence-corrected chi connectivity index (χ1v) is 8.02. The Morgan fingerprint density at radius 1 is 0.800 bits per heavy atom. The van der Waals surface area contributed by atoms with Gasteiger partial charge in [0.1, 0.15) is 5.75 Å². The molecule has 0 spiro atoms. The van der Waals surface area contributed by atoms with Crippen LogP contribution in [0.4, 0.5) is 11.4 Å². The van der Waals surface area contributed by atoms with E-state index in [1.807, 2.05) is 61.5 Å². The van der Waals surface area contributed by atoms with Crippen LogP contribution in [-0.4, -0.2) is 5.97 Å². The van der Waals surface area contributed by atoms with Crippen LogP contribution in [0.3, 0.4) is 0 Å². The van der Waals surface area contributed by atoms with Gasteiger partial charge in [-0.2, -0.15) is 0 Å². The molecule has 0 amide bonds. The highest BCUT2D eigenvalue weighted by Gasteiger charge is 2.08. The molecule has 3 aromatic rings. The minimum absolute atomic E-state index is 0.378. The Bertz CT molecular complexity index is 866. The molecule has 25 heavy (non-hydrogen) atoms. The predicted octanol–water partition coefficient (Wildman–Crippen LogP) is 5.68. The quantitative estimate of drug-likeness (QED) is 0.483. The van der Waals surface area contributed by atoms with E-state index < -0.39 is 0 Å². The number of hydrogen-bond acceptors (Lipinski definition) is 3. The maximum absolute atomic E-state index is 12.2. The highest BCUT2D eigenvalue weighted by Crippen LogP contribution is 2.21. The Labute approximate surface area is 147 Å². The highest BCUT2D eigenvalue weighted by molar-refractivity contribution is 5.91. The molecule has 0 fully saturated rings. The van der Waals surface area contributed by atoms with Gasteiger partial charge in [-0.15, -0.1) is 0 Å². The number of ether oxygens (including phenoxy) is 1. The summed E-state index contributed by atoms with van der Waals surface area (Å²) in [6, 6.07) is 24.4. The van der Waals surface area contributed by atoms with Crippen LogP contribution in [0.15, 0.2) is 85.4 Å². The molecular formula is C22H19NO2. The zero-order valence-electron chi connectivity index (χ0n) is 14.0. The monoisotopic (exact) mass is 329 g/mol. The van der Waals surface area contributed by atoms with Crippen molar-refractivity contribution in [1.82, 2.24) is 0 Å². The lowest BCUT2D eigenvalue weighted by Gasteiger charge is -2.08. The Morgan fingerprint density at radius 2 is 1.36 bits per heavy atom. The summed E-state index contributed by atoms with van der Waals surface area (Å²) in [6.45, 7) is 5.81. The van der Waals surface area contributed by atoms with Gasteiger partial charge in [-0.05, 0) is 61.0 Å². The van der Waals surface area contributed by atoms with E-state index >= 15 is 0 Å². The number of carbonyl (C=O) groups is 1. The third kappa shape index (κ3) is 4.36. The van der Waals surface area contributed by atoms with E-state index in [2.05, 4.69) is 11.9 Å². The molecule has 0 saturated heterocycles. The number of nitrogens with one attached hydrogen (secondary N) is 1. The van der Waals surface area contributed by atoms with Crippen molar-refractivity contribution in [3.8, 4) is 5.75 Å². The minimum atomic E-state index is -0.378. The first kappa shape index (κ1) is 16.5. The predicted molar refractivity (Wildman–Crippen MR) is 102 cm³/mol. The molecule has 1 N–H and O–H groups in total. The molecule has 0 atom stereocenters. The van der Waals surface area contributed by atoms with Gasteiger partial charge in [-0.3, -0.25) is 0 Å². The van der Waals surface area contributed by atoms with E-state index in [-0.39, 0.29) is 5.97 Å². The van der Waals surface area contributed by atoms with Crippen LogP contribution >= 0.6 is 0 Å². The van der Waals surface area contributed by atoms with E-state index in [1.54, 1.807) is 24.3 Å². The number of carbonyl (C=O) groups excluding carboxylic acids is 1. The molecule has 0 aliphatic heterocycles. The molecule has 0 aliphatic rings. The molecule has 0 bridgehead atoms. The molecule has 0 saturated carbocycles. The summed E-state index contributed by atoms with van der Waals surface area (Å²) in [5.41, 5.74) is 4.41. The van der Waals surface area contributed by atoms with Crippen molar-refractivity contribution >= 4 is 22.9 Å². The molecule has 3 nitrogen and oxygen atoms in total. The summed E-state index contributed by atoms with van der Waals surface area (Å²) in [5, 5.41) is 3.28. The van der Waals surface area contributed by atoms with E-state index in [0.717, 1.165) is 22.5 Å². The van der Waals surface area contributed by atoms with Crippen molar-refractivity contribution in [1.29, 1.82) is 0 Å². The average Bonchev–Trinajstić information content (AvgIpc) is 2.64. The molecular weight excluding hydrogens is 310 g/mol. The third-order valence-corrected chi connectivity index (χ3v) is 3.74. The lowest BCUT2D eigenvalue weighted by Crippen LogP contribution is -2.08. The fourth-order valence-corrected chi connectivity index (χ4v) is 2.35. The molecule has 3 heteroatoms. The van der Waals surface area contributed by atoms with Gasteiger partial charge in [0.25, 0.3) is 0 Å². The second kappa shape index (κ2) is 7.49. The van der Waals surface area contributed by atoms with Gasteiger partial charge in [-0.1, -0.05) is 42.5 Å². The minimum Gasteiger partial charge on any atom is -0.423 e. The Morgan fingerprint density at radius 3 is 1.96 bits per heavy atom. The van der Waals surface area contributed by atoms with Crippen molar-refractivity contribution < 1.29 is 9.53 Å². The maximum atomic E-state index is 12.2. The number of hydrogen-bond donors (Lipinski definition) is 1. The first-order valence-electron chi connectivity index (χ1n) is 8.02. The molecule has 0 aliphatic carbocycles. The number of para-hydroxylation sites is 1. The van der Waals surface area contributed by atoms with Crippen LogP contribution < -0.4 is 10.1 Å². The van der Waals surface area contributed by atoms with Gasteiger partial charge in [-0.25, -0.2) is 4.79 Å². The van der Waals surface area contributed by atoms with Crippen molar-refractivity contribution in [2.24, 2.45) is 0 Å². The molecule has 124 valence electrons. The van der Waals surface area contributed by atoms with E-state index in [9.17, 15) is 4.79 Å². The van der Waals surface area contributed by atoms with Gasteiger partial charge in [0.2, 0.25) is 0 Å². The number of anilines is 2. The summed E-state index contributed by atoms with van der Waals surface area (Å²) in [7, 11) is 0. The topological polar surface area (TPSA) is 38.3 Å². The van der Waals surface area contributed by atoms with Crippen molar-refractivity contribution in [3.05, 3.63) is 96.6 Å². The van der Waals surface area contributed by atoms with Crippen molar-refractivity contribution in [2.75, 3.05) is 5.32 Å². The van der Waals surface area contributed by atoms with E-state index in [0.29, 0.717) is 11.3 Å². The zero-order chi connectivity index (χ0) is 17.6. The summed E-state index contributed by atoms with van der Waals surface area (Å²) in [4.78, 5) is 12.2. The lowest BCUT2D eigenvalue weighted by molar-refractivity contribution is 0.0735. The molecule has 3 rings (SSSR count). The van der Waals surface area contributed by atoms with E-state index in [1.165, 1.54) is 0 Å². The highest BCUT2D eigenvalue weighted by atomic mass is 16.5. The number of rotatable bonds is 5. The van der Waals surface area contributed by atoms with Gasteiger partial charge in [0.05, 0.1) is 5.56 Å². The number of benzene rings is 3. The summed E-state index contributed by atoms with van der Waals surface area (Å²) < 4.78 is 5.42. The SMILES string of the molecule is C=C(C)c1ccc(C(=O)Oc2ccc(Nc3ccccc3)cc2)cc1. The zero-order valence-corrected chi connectivity index (χ0v) is 14.0. The second-order valence-corrected chi connectivity index (χ2v) is 5.76. The Kier molecular flexibility index (Phi) is 4.95.